The molecule has 0 spiro atoms. The van der Waals surface area contributed by atoms with Crippen molar-refractivity contribution in [1.82, 2.24) is 0 Å². The quantitative estimate of drug-likeness (QED) is 0.702. The van der Waals surface area contributed by atoms with Gasteiger partial charge in [-0.15, -0.1) is 0 Å². The van der Waals surface area contributed by atoms with E-state index in [1.165, 1.54) is 0 Å². The van der Waals surface area contributed by atoms with Gasteiger partial charge in [-0.2, -0.15) is 0 Å². The summed E-state index contributed by atoms with van der Waals surface area (Å²) in [6, 6.07) is 3.42. The van der Waals surface area contributed by atoms with E-state index in [1.807, 2.05) is 13.0 Å². The molecule has 0 fully saturated rings. The third-order valence-corrected chi connectivity index (χ3v) is 2.32. The van der Waals surface area contributed by atoms with Crippen LogP contribution in [0.3, 0.4) is 0 Å². The van der Waals surface area contributed by atoms with Crippen molar-refractivity contribution in [3.8, 4) is 11.5 Å². The summed E-state index contributed by atoms with van der Waals surface area (Å²) in [6.07, 6.45) is 3.22. The largest absolute Gasteiger partial charge is 0.504 e. The molecule has 1 aromatic rings. The topological polar surface area (TPSA) is 40.5 Å². The maximum atomic E-state index is 9.44. The second kappa shape index (κ2) is 4.17. The Bertz CT molecular complexity index is 292. The third kappa shape index (κ3) is 2.14. The molecule has 0 bridgehead atoms. The van der Waals surface area contributed by atoms with Gasteiger partial charge >= 0.3 is 0 Å². The summed E-state index contributed by atoms with van der Waals surface area (Å²) in [4.78, 5) is 0. The summed E-state index contributed by atoms with van der Waals surface area (Å²) in [5.74, 6) is -0.00801. The number of aryl methyl sites for hydroxylation is 1. The van der Waals surface area contributed by atoms with Gasteiger partial charge in [-0.25, -0.2) is 0 Å². The second-order valence-corrected chi connectivity index (χ2v) is 3.32. The summed E-state index contributed by atoms with van der Waals surface area (Å²) >= 11 is 0. The van der Waals surface area contributed by atoms with Crippen LogP contribution in [0.2, 0.25) is 0 Å². The lowest BCUT2D eigenvalue weighted by Gasteiger charge is -2.07. The van der Waals surface area contributed by atoms with Crippen LogP contribution >= 0.6 is 0 Å². The van der Waals surface area contributed by atoms with E-state index >= 15 is 0 Å². The summed E-state index contributed by atoms with van der Waals surface area (Å²) < 4.78 is 0. The van der Waals surface area contributed by atoms with Gasteiger partial charge in [0.1, 0.15) is 0 Å². The number of phenolic OH excluding ortho intramolecular Hbond substituents is 2. The predicted octanol–water partition coefficient (Wildman–Crippen LogP) is 2.75. The molecule has 72 valence electrons. The monoisotopic (exact) mass is 180 g/mol. The van der Waals surface area contributed by atoms with E-state index in [-0.39, 0.29) is 11.5 Å². The minimum Gasteiger partial charge on any atom is -0.504 e. The Hall–Kier alpha value is -1.18. The van der Waals surface area contributed by atoms with E-state index < -0.39 is 0 Å². The van der Waals surface area contributed by atoms with Crippen molar-refractivity contribution in [1.29, 1.82) is 0 Å². The molecule has 2 heteroatoms. The van der Waals surface area contributed by atoms with Crippen molar-refractivity contribution in [3.05, 3.63) is 23.3 Å². The highest BCUT2D eigenvalue weighted by Gasteiger charge is 2.06. The molecular formula is C11H16O2. The Kier molecular flexibility index (Phi) is 3.18. The second-order valence-electron chi connectivity index (χ2n) is 3.32. The standard InChI is InChI=1S/C11H16O2/c1-3-4-5-9-6-7-10(12)11(13)8(9)2/h6-7,12-13H,3-5H2,1-2H3. The summed E-state index contributed by atoms with van der Waals surface area (Å²) in [7, 11) is 0. The van der Waals surface area contributed by atoms with Gasteiger partial charge in [-0.05, 0) is 37.0 Å². The molecule has 1 aromatic carbocycles. The summed E-state index contributed by atoms with van der Waals surface area (Å²) in [5.41, 5.74) is 1.92. The Labute approximate surface area is 78.8 Å². The number of hydrogen-bond acceptors (Lipinski definition) is 2. The Morgan fingerprint density at radius 2 is 1.92 bits per heavy atom. The Balaban J connectivity index is 2.90. The molecular weight excluding hydrogens is 164 g/mol. The average Bonchev–Trinajstić information content (AvgIpc) is 2.13. The van der Waals surface area contributed by atoms with Crippen LogP contribution in [0.15, 0.2) is 12.1 Å². The fourth-order valence-corrected chi connectivity index (χ4v) is 1.37. The molecule has 0 saturated heterocycles. The van der Waals surface area contributed by atoms with Crippen LogP contribution in [0.5, 0.6) is 11.5 Å². The van der Waals surface area contributed by atoms with Crippen LogP contribution in [0.1, 0.15) is 30.9 Å². The molecule has 0 aliphatic carbocycles. The van der Waals surface area contributed by atoms with Crippen LogP contribution in [0.4, 0.5) is 0 Å². The minimum absolute atomic E-state index is 0.0219. The highest BCUT2D eigenvalue weighted by atomic mass is 16.3. The minimum atomic E-state index is -0.0299. The number of hydrogen-bond donors (Lipinski definition) is 2. The lowest BCUT2D eigenvalue weighted by atomic mass is 10.0. The lowest BCUT2D eigenvalue weighted by molar-refractivity contribution is 0.400. The van der Waals surface area contributed by atoms with Crippen LogP contribution in [0.25, 0.3) is 0 Å². The Morgan fingerprint density at radius 1 is 1.23 bits per heavy atom. The maximum Gasteiger partial charge on any atom is 0.160 e. The molecule has 2 N–H and O–H groups in total. The molecule has 0 unspecified atom stereocenters. The fourth-order valence-electron chi connectivity index (χ4n) is 1.37. The zero-order valence-corrected chi connectivity index (χ0v) is 8.17. The molecule has 0 saturated carbocycles. The third-order valence-electron chi connectivity index (χ3n) is 2.32. The molecule has 0 amide bonds. The van der Waals surface area contributed by atoms with E-state index in [2.05, 4.69) is 6.92 Å². The lowest BCUT2D eigenvalue weighted by Crippen LogP contribution is -1.89. The van der Waals surface area contributed by atoms with Gasteiger partial charge in [-0.1, -0.05) is 19.4 Å². The SMILES string of the molecule is CCCCc1ccc(O)c(O)c1C. The highest BCUT2D eigenvalue weighted by Crippen LogP contribution is 2.30. The molecule has 0 aliphatic heterocycles. The first-order valence-electron chi connectivity index (χ1n) is 4.67. The van der Waals surface area contributed by atoms with Crippen LogP contribution in [-0.2, 0) is 6.42 Å². The van der Waals surface area contributed by atoms with E-state index in [0.717, 1.165) is 30.4 Å². The molecule has 0 aliphatic rings. The van der Waals surface area contributed by atoms with Gasteiger partial charge < -0.3 is 10.2 Å². The molecule has 0 aromatic heterocycles. The number of phenols is 2. The highest BCUT2D eigenvalue weighted by molar-refractivity contribution is 5.48. The van der Waals surface area contributed by atoms with Crippen molar-refractivity contribution < 1.29 is 10.2 Å². The van der Waals surface area contributed by atoms with E-state index in [9.17, 15) is 10.2 Å². The maximum absolute atomic E-state index is 9.44. The molecule has 2 nitrogen and oxygen atoms in total. The van der Waals surface area contributed by atoms with E-state index in [0.29, 0.717) is 0 Å². The molecule has 0 heterocycles. The van der Waals surface area contributed by atoms with Crippen molar-refractivity contribution in [2.24, 2.45) is 0 Å². The number of aromatic hydroxyl groups is 2. The Morgan fingerprint density at radius 3 is 2.54 bits per heavy atom. The first-order valence-corrected chi connectivity index (χ1v) is 4.67. The van der Waals surface area contributed by atoms with Crippen molar-refractivity contribution in [2.75, 3.05) is 0 Å². The van der Waals surface area contributed by atoms with Gasteiger partial charge in [0.2, 0.25) is 0 Å². The molecule has 0 radical (unpaired) electrons. The van der Waals surface area contributed by atoms with Crippen molar-refractivity contribution in [3.63, 3.8) is 0 Å². The van der Waals surface area contributed by atoms with Gasteiger partial charge in [0.05, 0.1) is 0 Å². The molecule has 13 heavy (non-hydrogen) atoms. The number of unbranched alkanes of at least 4 members (excludes halogenated alkanes) is 1. The van der Waals surface area contributed by atoms with Crippen molar-refractivity contribution >= 4 is 0 Å². The molecule has 0 atom stereocenters. The molecule has 1 rings (SSSR count). The van der Waals surface area contributed by atoms with Crippen LogP contribution in [-0.4, -0.2) is 10.2 Å². The van der Waals surface area contributed by atoms with Crippen molar-refractivity contribution in [2.45, 2.75) is 33.1 Å². The first-order chi connectivity index (χ1) is 6.16. The predicted molar refractivity (Wildman–Crippen MR) is 53.1 cm³/mol. The summed E-state index contributed by atoms with van der Waals surface area (Å²) in [6.45, 7) is 3.97. The van der Waals surface area contributed by atoms with Gasteiger partial charge in [0, 0.05) is 0 Å². The zero-order chi connectivity index (χ0) is 9.84. The zero-order valence-electron chi connectivity index (χ0n) is 8.17. The normalized spacial score (nSPS) is 10.3. The van der Waals surface area contributed by atoms with Gasteiger partial charge in [0.25, 0.3) is 0 Å². The summed E-state index contributed by atoms with van der Waals surface area (Å²) in [5, 5.41) is 18.6. The van der Waals surface area contributed by atoms with E-state index in [4.69, 9.17) is 0 Å². The smallest absolute Gasteiger partial charge is 0.160 e. The van der Waals surface area contributed by atoms with Crippen LogP contribution < -0.4 is 0 Å². The number of benzene rings is 1. The van der Waals surface area contributed by atoms with Crippen LogP contribution in [0, 0.1) is 6.92 Å². The first kappa shape index (κ1) is 9.90. The fraction of sp³-hybridized carbons (Fsp3) is 0.455. The number of rotatable bonds is 3. The van der Waals surface area contributed by atoms with Gasteiger partial charge in [-0.3, -0.25) is 0 Å². The van der Waals surface area contributed by atoms with Gasteiger partial charge in [0.15, 0.2) is 11.5 Å². The van der Waals surface area contributed by atoms with E-state index in [1.54, 1.807) is 6.07 Å². The average molecular weight is 180 g/mol.